The van der Waals surface area contributed by atoms with Gasteiger partial charge in [0.2, 0.25) is 11.6 Å². The fourth-order valence-electron chi connectivity index (χ4n) is 2.71. The molecule has 2 aromatic carbocycles. The molecule has 0 fully saturated rings. The fourth-order valence-corrected chi connectivity index (χ4v) is 3.16. The molecule has 6 heteroatoms. The maximum Gasteiger partial charge on any atom is 0.215 e. The van der Waals surface area contributed by atoms with Crippen LogP contribution in [0, 0.1) is 23.7 Å². The SMILES string of the molecule is O=C1C(Cl)=C(C#CCOCc2ccccc2)C(=O)C(Cl)=C1C#CCOCc1ccccc1. The van der Waals surface area contributed by atoms with E-state index in [9.17, 15) is 9.59 Å². The maximum absolute atomic E-state index is 12.5. The summed E-state index contributed by atoms with van der Waals surface area (Å²) in [4.78, 5) is 25.0. The van der Waals surface area contributed by atoms with E-state index in [0.717, 1.165) is 11.1 Å². The number of ketones is 2. The van der Waals surface area contributed by atoms with Crippen molar-refractivity contribution >= 4 is 34.8 Å². The Morgan fingerprint density at radius 3 is 1.38 bits per heavy atom. The van der Waals surface area contributed by atoms with Crippen LogP contribution >= 0.6 is 23.2 Å². The van der Waals surface area contributed by atoms with Gasteiger partial charge in [-0.3, -0.25) is 9.59 Å². The molecule has 0 N–H and O–H groups in total. The lowest BCUT2D eigenvalue weighted by Crippen LogP contribution is -2.19. The fraction of sp³-hybridized carbons (Fsp3) is 0.154. The molecule has 0 aromatic heterocycles. The van der Waals surface area contributed by atoms with Crippen LogP contribution in [0.25, 0.3) is 0 Å². The zero-order chi connectivity index (χ0) is 22.8. The molecule has 0 spiro atoms. The lowest BCUT2D eigenvalue weighted by Gasteiger charge is -2.11. The number of hydrogen-bond donors (Lipinski definition) is 0. The minimum absolute atomic E-state index is 0.0663. The number of hydrogen-bond acceptors (Lipinski definition) is 4. The highest BCUT2D eigenvalue weighted by atomic mass is 35.5. The Labute approximate surface area is 196 Å². The largest absolute Gasteiger partial charge is 0.364 e. The number of halogens is 2. The maximum atomic E-state index is 12.5. The van der Waals surface area contributed by atoms with Crippen LogP contribution in [0.5, 0.6) is 0 Å². The number of carbonyl (C=O) groups excluding carboxylic acids is 2. The number of allylic oxidation sites excluding steroid dienone is 4. The minimum atomic E-state index is -0.638. The summed E-state index contributed by atoms with van der Waals surface area (Å²) in [6.07, 6.45) is 0. The normalized spacial score (nSPS) is 13.4. The summed E-state index contributed by atoms with van der Waals surface area (Å²) in [5.74, 6) is 9.30. The van der Waals surface area contributed by atoms with Gasteiger partial charge in [-0.25, -0.2) is 0 Å². The van der Waals surface area contributed by atoms with Crippen molar-refractivity contribution in [2.45, 2.75) is 13.2 Å². The van der Waals surface area contributed by atoms with Crippen LogP contribution in [-0.2, 0) is 32.3 Å². The van der Waals surface area contributed by atoms with E-state index in [1.807, 2.05) is 60.7 Å². The van der Waals surface area contributed by atoms with E-state index in [0.29, 0.717) is 13.2 Å². The highest BCUT2D eigenvalue weighted by Crippen LogP contribution is 2.28. The third-order valence-electron chi connectivity index (χ3n) is 4.29. The van der Waals surface area contributed by atoms with Gasteiger partial charge < -0.3 is 9.47 Å². The summed E-state index contributed by atoms with van der Waals surface area (Å²) in [6.45, 7) is 0.886. The Hall–Kier alpha value is -3.12. The van der Waals surface area contributed by atoms with Gasteiger partial charge in [-0.2, -0.15) is 0 Å². The topological polar surface area (TPSA) is 52.6 Å². The van der Waals surface area contributed by atoms with Crippen LogP contribution < -0.4 is 0 Å². The van der Waals surface area contributed by atoms with Crippen molar-refractivity contribution in [2.24, 2.45) is 0 Å². The molecular weight excluding hydrogens is 447 g/mol. The van der Waals surface area contributed by atoms with E-state index in [-0.39, 0.29) is 34.4 Å². The van der Waals surface area contributed by atoms with Gasteiger partial charge in [0.15, 0.2) is 0 Å². The van der Waals surface area contributed by atoms with E-state index in [1.54, 1.807) is 0 Å². The average molecular weight is 465 g/mol. The highest BCUT2D eigenvalue weighted by molar-refractivity contribution is 6.57. The van der Waals surface area contributed by atoms with Gasteiger partial charge in [-0.1, -0.05) is 108 Å². The number of rotatable bonds is 6. The second kappa shape index (κ2) is 12.1. The smallest absolute Gasteiger partial charge is 0.215 e. The molecule has 4 nitrogen and oxygen atoms in total. The minimum Gasteiger partial charge on any atom is -0.364 e. The Kier molecular flexibility index (Phi) is 8.87. The first kappa shape index (κ1) is 23.5. The molecule has 1 aliphatic rings. The zero-order valence-electron chi connectivity index (χ0n) is 17.0. The molecule has 3 rings (SSSR count). The molecule has 0 amide bonds. The van der Waals surface area contributed by atoms with Crippen molar-refractivity contribution < 1.29 is 19.1 Å². The van der Waals surface area contributed by atoms with E-state index < -0.39 is 11.6 Å². The predicted octanol–water partition coefficient (Wildman–Crippen LogP) is 4.56. The van der Waals surface area contributed by atoms with Gasteiger partial charge in [-0.05, 0) is 11.1 Å². The first-order valence-corrected chi connectivity index (χ1v) is 10.4. The van der Waals surface area contributed by atoms with Crippen LogP contribution in [0.15, 0.2) is 81.9 Å². The Morgan fingerprint density at radius 1 is 0.625 bits per heavy atom. The van der Waals surface area contributed by atoms with Crippen LogP contribution in [0.1, 0.15) is 11.1 Å². The predicted molar refractivity (Wildman–Crippen MR) is 124 cm³/mol. The molecule has 0 aliphatic heterocycles. The van der Waals surface area contributed by atoms with Crippen molar-refractivity contribution in [1.82, 2.24) is 0 Å². The molecule has 0 saturated carbocycles. The molecule has 0 heterocycles. The van der Waals surface area contributed by atoms with Crippen LogP contribution in [-0.4, -0.2) is 24.8 Å². The zero-order valence-corrected chi connectivity index (χ0v) is 18.5. The summed E-state index contributed by atoms with van der Waals surface area (Å²) in [6, 6.07) is 19.2. The molecule has 0 atom stereocenters. The van der Waals surface area contributed by atoms with Crippen LogP contribution in [0.3, 0.4) is 0 Å². The second-order valence-electron chi connectivity index (χ2n) is 6.60. The van der Waals surface area contributed by atoms with E-state index in [1.165, 1.54) is 0 Å². The summed E-state index contributed by atoms with van der Waals surface area (Å²) in [5.41, 5.74) is 1.68. The van der Waals surface area contributed by atoms with E-state index >= 15 is 0 Å². The summed E-state index contributed by atoms with van der Waals surface area (Å²) < 4.78 is 10.9. The van der Waals surface area contributed by atoms with Crippen molar-refractivity contribution in [3.8, 4) is 23.7 Å². The highest BCUT2D eigenvalue weighted by Gasteiger charge is 2.31. The van der Waals surface area contributed by atoms with Gasteiger partial charge >= 0.3 is 0 Å². The molecule has 0 unspecified atom stereocenters. The van der Waals surface area contributed by atoms with Crippen LogP contribution in [0.4, 0.5) is 0 Å². The number of Topliss-reactive ketones (excluding diaryl/α,β-unsaturated/α-hetero) is 2. The molecule has 160 valence electrons. The number of ether oxygens (including phenoxy) is 2. The Balaban J connectivity index is 1.57. The monoisotopic (exact) mass is 464 g/mol. The van der Waals surface area contributed by atoms with Gasteiger partial charge in [-0.15, -0.1) is 0 Å². The van der Waals surface area contributed by atoms with Gasteiger partial charge in [0.1, 0.15) is 23.3 Å². The Bertz CT molecular complexity index is 1080. The molecule has 0 saturated heterocycles. The van der Waals surface area contributed by atoms with Gasteiger partial charge in [0.25, 0.3) is 0 Å². The average Bonchev–Trinajstić information content (AvgIpc) is 2.82. The molecule has 0 radical (unpaired) electrons. The van der Waals surface area contributed by atoms with E-state index in [2.05, 4.69) is 23.7 Å². The third kappa shape index (κ3) is 6.44. The van der Waals surface area contributed by atoms with Crippen LogP contribution in [0.2, 0.25) is 0 Å². The quantitative estimate of drug-likeness (QED) is 0.357. The van der Waals surface area contributed by atoms with Crippen molar-refractivity contribution in [3.63, 3.8) is 0 Å². The third-order valence-corrected chi connectivity index (χ3v) is 5.01. The lowest BCUT2D eigenvalue weighted by molar-refractivity contribution is -0.115. The first-order valence-electron chi connectivity index (χ1n) is 9.68. The molecule has 0 bridgehead atoms. The second-order valence-corrected chi connectivity index (χ2v) is 7.35. The standard InChI is InChI=1S/C26H18Cl2O4/c27-23-21(13-7-15-31-17-19-9-3-1-4-10-19)25(29)24(28)22(26(23)30)14-8-16-32-18-20-11-5-2-6-12-20/h1-6,9-12H,15-18H2. The van der Waals surface area contributed by atoms with Gasteiger partial charge in [0, 0.05) is 0 Å². The lowest BCUT2D eigenvalue weighted by atomic mass is 9.97. The van der Waals surface area contributed by atoms with Crippen molar-refractivity contribution in [2.75, 3.05) is 13.2 Å². The van der Waals surface area contributed by atoms with Crippen molar-refractivity contribution in [1.29, 1.82) is 0 Å². The van der Waals surface area contributed by atoms with E-state index in [4.69, 9.17) is 32.7 Å². The van der Waals surface area contributed by atoms with Crippen molar-refractivity contribution in [3.05, 3.63) is 93.0 Å². The molecule has 32 heavy (non-hydrogen) atoms. The number of benzene rings is 2. The summed E-state index contributed by atoms with van der Waals surface area (Å²) in [5, 5.41) is -0.603. The first-order chi connectivity index (χ1) is 15.6. The summed E-state index contributed by atoms with van der Waals surface area (Å²) in [7, 11) is 0. The molecule has 1 aliphatic carbocycles. The molecular formula is C26H18Cl2O4. The van der Waals surface area contributed by atoms with Gasteiger partial charge in [0.05, 0.1) is 24.4 Å². The summed E-state index contributed by atoms with van der Waals surface area (Å²) >= 11 is 12.2. The molecule has 2 aromatic rings. The number of carbonyl (C=O) groups is 2. The Morgan fingerprint density at radius 2 is 1.00 bits per heavy atom.